The van der Waals surface area contributed by atoms with Gasteiger partial charge in [0.05, 0.1) is 6.61 Å². The van der Waals surface area contributed by atoms with Crippen LogP contribution in [0.2, 0.25) is 5.02 Å². The summed E-state index contributed by atoms with van der Waals surface area (Å²) >= 11 is 5.82. The molecule has 2 rings (SSSR count). The third-order valence-electron chi connectivity index (χ3n) is 2.01. The van der Waals surface area contributed by atoms with E-state index in [-0.39, 0.29) is 5.60 Å². The Balaban J connectivity index is 2.38. The maximum Gasteiger partial charge on any atom is 0.114 e. The minimum Gasteiger partial charge on any atom is -0.365 e. The van der Waals surface area contributed by atoms with Crippen LogP contribution in [0.25, 0.3) is 0 Å². The number of hydrogen-bond acceptors (Lipinski definition) is 1. The Kier molecular flexibility index (Phi) is 1.44. The summed E-state index contributed by atoms with van der Waals surface area (Å²) in [6.45, 7) is 2.88. The second-order valence-electron chi connectivity index (χ2n) is 3.03. The summed E-state index contributed by atoms with van der Waals surface area (Å²) in [5, 5.41) is 0.777. The first-order valence-electron chi connectivity index (χ1n) is 3.61. The zero-order valence-electron chi connectivity index (χ0n) is 6.30. The maximum atomic E-state index is 5.82. The number of ether oxygens (including phenoxy) is 1. The first-order chi connectivity index (χ1) is 5.21. The molecule has 1 aliphatic heterocycles. The van der Waals surface area contributed by atoms with Crippen LogP contribution in [-0.4, -0.2) is 6.61 Å². The van der Waals surface area contributed by atoms with E-state index in [0.717, 1.165) is 11.6 Å². The zero-order chi connectivity index (χ0) is 7.90. The fourth-order valence-electron chi connectivity index (χ4n) is 1.09. The molecule has 0 bridgehead atoms. The Hall–Kier alpha value is -0.530. The van der Waals surface area contributed by atoms with Crippen LogP contribution in [0.4, 0.5) is 0 Å². The summed E-state index contributed by atoms with van der Waals surface area (Å²) in [6, 6.07) is 7.81. The quantitative estimate of drug-likeness (QED) is 0.588. The molecule has 58 valence electrons. The molecule has 1 nitrogen and oxygen atoms in total. The zero-order valence-corrected chi connectivity index (χ0v) is 7.06. The van der Waals surface area contributed by atoms with Crippen LogP contribution in [0.3, 0.4) is 0 Å². The van der Waals surface area contributed by atoms with Gasteiger partial charge in [0.25, 0.3) is 0 Å². The molecule has 1 fully saturated rings. The van der Waals surface area contributed by atoms with E-state index in [1.807, 2.05) is 24.3 Å². The Labute approximate surface area is 70.9 Å². The van der Waals surface area contributed by atoms with Gasteiger partial charge in [0.2, 0.25) is 0 Å². The van der Waals surface area contributed by atoms with Crippen LogP contribution in [0, 0.1) is 0 Å². The summed E-state index contributed by atoms with van der Waals surface area (Å²) in [6.07, 6.45) is 0. The largest absolute Gasteiger partial charge is 0.365 e. The van der Waals surface area contributed by atoms with Crippen molar-refractivity contribution >= 4 is 11.6 Å². The molecule has 1 heterocycles. The molecule has 0 spiro atoms. The molecule has 0 radical (unpaired) electrons. The summed E-state index contributed by atoms with van der Waals surface area (Å²) in [7, 11) is 0. The van der Waals surface area contributed by atoms with Gasteiger partial charge in [-0.2, -0.15) is 0 Å². The molecule has 1 unspecified atom stereocenters. The van der Waals surface area contributed by atoms with Gasteiger partial charge in [0.1, 0.15) is 5.60 Å². The van der Waals surface area contributed by atoms with E-state index in [9.17, 15) is 0 Å². The van der Waals surface area contributed by atoms with Crippen molar-refractivity contribution in [3.8, 4) is 0 Å². The van der Waals surface area contributed by atoms with Crippen molar-refractivity contribution in [3.63, 3.8) is 0 Å². The highest BCUT2D eigenvalue weighted by Crippen LogP contribution is 2.38. The van der Waals surface area contributed by atoms with Crippen molar-refractivity contribution in [1.29, 1.82) is 0 Å². The number of epoxide rings is 1. The Morgan fingerprint density at radius 1 is 1.55 bits per heavy atom. The summed E-state index contributed by atoms with van der Waals surface area (Å²) in [5.41, 5.74) is 1.12. The van der Waals surface area contributed by atoms with Gasteiger partial charge in [-0.15, -0.1) is 0 Å². The SMILES string of the molecule is CC1(c2cccc(Cl)c2)CO1. The minimum absolute atomic E-state index is 0.0507. The summed E-state index contributed by atoms with van der Waals surface area (Å²) in [4.78, 5) is 0. The summed E-state index contributed by atoms with van der Waals surface area (Å²) < 4.78 is 5.28. The molecule has 11 heavy (non-hydrogen) atoms. The van der Waals surface area contributed by atoms with Gasteiger partial charge in [-0.25, -0.2) is 0 Å². The van der Waals surface area contributed by atoms with E-state index >= 15 is 0 Å². The predicted molar refractivity (Wildman–Crippen MR) is 44.8 cm³/mol. The van der Waals surface area contributed by atoms with Gasteiger partial charge in [-0.3, -0.25) is 0 Å². The average Bonchev–Trinajstić information content (AvgIpc) is 2.70. The van der Waals surface area contributed by atoms with Crippen LogP contribution < -0.4 is 0 Å². The lowest BCUT2D eigenvalue weighted by Gasteiger charge is -2.04. The fraction of sp³-hybridized carbons (Fsp3) is 0.333. The molecule has 1 atom stereocenters. The molecule has 1 aromatic carbocycles. The van der Waals surface area contributed by atoms with Crippen LogP contribution >= 0.6 is 11.6 Å². The molecule has 0 aliphatic carbocycles. The van der Waals surface area contributed by atoms with E-state index in [1.165, 1.54) is 5.56 Å². The van der Waals surface area contributed by atoms with Crippen molar-refractivity contribution < 1.29 is 4.74 Å². The monoisotopic (exact) mass is 168 g/mol. The van der Waals surface area contributed by atoms with E-state index in [4.69, 9.17) is 16.3 Å². The van der Waals surface area contributed by atoms with Crippen LogP contribution in [-0.2, 0) is 10.3 Å². The van der Waals surface area contributed by atoms with E-state index in [2.05, 4.69) is 6.92 Å². The Bertz CT molecular complexity index is 279. The van der Waals surface area contributed by atoms with Crippen LogP contribution in [0.15, 0.2) is 24.3 Å². The van der Waals surface area contributed by atoms with Gasteiger partial charge in [-0.1, -0.05) is 23.7 Å². The molecule has 1 aliphatic rings. The second-order valence-corrected chi connectivity index (χ2v) is 3.47. The van der Waals surface area contributed by atoms with Crippen LogP contribution in [0.1, 0.15) is 12.5 Å². The highest BCUT2D eigenvalue weighted by Gasteiger charge is 2.40. The van der Waals surface area contributed by atoms with Crippen molar-refractivity contribution in [2.45, 2.75) is 12.5 Å². The van der Waals surface area contributed by atoms with Gasteiger partial charge < -0.3 is 4.74 Å². The maximum absolute atomic E-state index is 5.82. The van der Waals surface area contributed by atoms with Crippen molar-refractivity contribution in [2.75, 3.05) is 6.61 Å². The topological polar surface area (TPSA) is 12.5 Å². The second kappa shape index (κ2) is 2.23. The molecule has 0 N–H and O–H groups in total. The molecule has 0 saturated carbocycles. The standard InChI is InChI=1S/C9H9ClO/c1-9(6-11-9)7-3-2-4-8(10)5-7/h2-5H,6H2,1H3. The number of rotatable bonds is 1. The van der Waals surface area contributed by atoms with E-state index < -0.39 is 0 Å². The Morgan fingerprint density at radius 3 is 2.82 bits per heavy atom. The average molecular weight is 169 g/mol. The van der Waals surface area contributed by atoms with E-state index in [1.54, 1.807) is 0 Å². The van der Waals surface area contributed by atoms with Crippen molar-refractivity contribution in [2.24, 2.45) is 0 Å². The van der Waals surface area contributed by atoms with Crippen molar-refractivity contribution in [1.82, 2.24) is 0 Å². The first-order valence-corrected chi connectivity index (χ1v) is 3.98. The first kappa shape index (κ1) is 7.14. The third-order valence-corrected chi connectivity index (χ3v) is 2.25. The van der Waals surface area contributed by atoms with Gasteiger partial charge in [0.15, 0.2) is 0 Å². The molecular formula is C9H9ClO. The number of halogens is 1. The third kappa shape index (κ3) is 1.26. The van der Waals surface area contributed by atoms with Gasteiger partial charge in [0, 0.05) is 5.02 Å². The van der Waals surface area contributed by atoms with Gasteiger partial charge >= 0.3 is 0 Å². The predicted octanol–water partition coefficient (Wildman–Crippen LogP) is 2.59. The van der Waals surface area contributed by atoms with Crippen molar-refractivity contribution in [3.05, 3.63) is 34.9 Å². The Morgan fingerprint density at radius 2 is 2.27 bits per heavy atom. The molecule has 0 aromatic heterocycles. The highest BCUT2D eigenvalue weighted by atomic mass is 35.5. The highest BCUT2D eigenvalue weighted by molar-refractivity contribution is 6.30. The normalized spacial score (nSPS) is 28.5. The fourth-order valence-corrected chi connectivity index (χ4v) is 1.28. The molecular weight excluding hydrogens is 160 g/mol. The minimum atomic E-state index is -0.0507. The van der Waals surface area contributed by atoms with Crippen LogP contribution in [0.5, 0.6) is 0 Å². The van der Waals surface area contributed by atoms with Gasteiger partial charge in [-0.05, 0) is 24.6 Å². The number of hydrogen-bond donors (Lipinski definition) is 0. The number of benzene rings is 1. The lowest BCUT2D eigenvalue weighted by Crippen LogP contribution is -2.00. The molecule has 2 heteroatoms. The molecule has 1 aromatic rings. The van der Waals surface area contributed by atoms with E-state index in [0.29, 0.717) is 0 Å². The summed E-state index contributed by atoms with van der Waals surface area (Å²) in [5.74, 6) is 0. The molecule has 1 saturated heterocycles. The lowest BCUT2D eigenvalue weighted by molar-refractivity contribution is 0.329. The lowest BCUT2D eigenvalue weighted by atomic mass is 10.0. The smallest absolute Gasteiger partial charge is 0.114 e. The molecule has 0 amide bonds.